The Hall–Kier alpha value is -2.50. The van der Waals surface area contributed by atoms with Crippen LogP contribution in [0.1, 0.15) is 17.2 Å². The van der Waals surface area contributed by atoms with Gasteiger partial charge in [-0.3, -0.25) is 4.90 Å². The smallest absolute Gasteiger partial charge is 0.181 e. The first-order valence-electron chi connectivity index (χ1n) is 9.36. The summed E-state index contributed by atoms with van der Waals surface area (Å²) in [5, 5.41) is 0. The highest BCUT2D eigenvalue weighted by Gasteiger charge is 2.37. The quantitative estimate of drug-likeness (QED) is 0.624. The summed E-state index contributed by atoms with van der Waals surface area (Å²) >= 11 is 0. The summed E-state index contributed by atoms with van der Waals surface area (Å²) in [6.07, 6.45) is 0. The highest BCUT2D eigenvalue weighted by molar-refractivity contribution is 7.91. The molecular weight excluding hydrogens is 373 g/mol. The third kappa shape index (κ3) is 3.86. The Labute approximate surface area is 165 Å². The fourth-order valence-electron chi connectivity index (χ4n) is 3.91. The van der Waals surface area contributed by atoms with Gasteiger partial charge in [0.2, 0.25) is 0 Å². The number of rotatable bonds is 6. The summed E-state index contributed by atoms with van der Waals surface area (Å²) in [6.45, 7) is 1.34. The maximum atomic E-state index is 13.9. The van der Waals surface area contributed by atoms with Crippen molar-refractivity contribution in [2.45, 2.75) is 10.9 Å². The minimum absolute atomic E-state index is 0.000435. The second-order valence-electron chi connectivity index (χ2n) is 7.26. The molecule has 0 saturated carbocycles. The fraction of sp³-hybridized carbons (Fsp3) is 0.217. The van der Waals surface area contributed by atoms with Gasteiger partial charge >= 0.3 is 0 Å². The molecule has 0 atom stereocenters. The molecule has 1 aliphatic rings. The van der Waals surface area contributed by atoms with Gasteiger partial charge in [0.1, 0.15) is 10.7 Å². The second-order valence-corrected chi connectivity index (χ2v) is 9.26. The molecule has 0 bridgehead atoms. The standard InChI is InChI=1S/C23H22FNO2S/c24-21-13-7-8-14-22(21)28(26,27)17-18-15-25(16-18)23(19-9-3-1-4-10-19)20-11-5-2-6-12-20/h1-14,18,23H,15-17H2. The van der Waals surface area contributed by atoms with Crippen molar-refractivity contribution in [1.82, 2.24) is 4.90 Å². The van der Waals surface area contributed by atoms with Crippen LogP contribution in [0.5, 0.6) is 0 Å². The molecule has 0 spiro atoms. The van der Waals surface area contributed by atoms with Gasteiger partial charge in [0.05, 0.1) is 11.8 Å². The summed E-state index contributed by atoms with van der Waals surface area (Å²) in [6, 6.07) is 26.1. The van der Waals surface area contributed by atoms with Crippen LogP contribution in [0.4, 0.5) is 4.39 Å². The largest absolute Gasteiger partial charge is 0.292 e. The SMILES string of the molecule is O=S(=O)(CC1CN(C(c2ccccc2)c2ccccc2)C1)c1ccccc1F. The Morgan fingerprint density at radius 1 is 0.821 bits per heavy atom. The molecule has 3 aromatic rings. The van der Waals surface area contributed by atoms with E-state index >= 15 is 0 Å². The van der Waals surface area contributed by atoms with Gasteiger partial charge in [0, 0.05) is 13.1 Å². The van der Waals surface area contributed by atoms with Crippen LogP contribution in [0.15, 0.2) is 89.8 Å². The minimum atomic E-state index is -3.63. The van der Waals surface area contributed by atoms with Gasteiger partial charge in [0.25, 0.3) is 0 Å². The van der Waals surface area contributed by atoms with Crippen molar-refractivity contribution in [3.05, 3.63) is 102 Å². The zero-order chi connectivity index (χ0) is 19.6. The first-order chi connectivity index (χ1) is 13.5. The molecule has 1 fully saturated rings. The Bertz CT molecular complexity index is 993. The van der Waals surface area contributed by atoms with Crippen LogP contribution in [-0.2, 0) is 9.84 Å². The van der Waals surface area contributed by atoms with E-state index in [0.29, 0.717) is 13.1 Å². The summed E-state index contributed by atoms with van der Waals surface area (Å²) < 4.78 is 39.1. The number of nitrogens with zero attached hydrogens (tertiary/aromatic N) is 1. The number of hydrogen-bond donors (Lipinski definition) is 0. The zero-order valence-corrected chi connectivity index (χ0v) is 16.2. The lowest BCUT2D eigenvalue weighted by Crippen LogP contribution is -2.51. The Morgan fingerprint density at radius 3 is 1.86 bits per heavy atom. The normalized spacial score (nSPS) is 15.5. The molecule has 1 heterocycles. The molecule has 0 unspecified atom stereocenters. The summed E-state index contributed by atoms with van der Waals surface area (Å²) in [7, 11) is -3.63. The van der Waals surface area contributed by atoms with E-state index in [1.54, 1.807) is 6.07 Å². The van der Waals surface area contributed by atoms with Crippen LogP contribution in [0, 0.1) is 11.7 Å². The highest BCUT2D eigenvalue weighted by Crippen LogP contribution is 2.35. The minimum Gasteiger partial charge on any atom is -0.292 e. The van der Waals surface area contributed by atoms with Crippen molar-refractivity contribution in [1.29, 1.82) is 0 Å². The third-order valence-corrected chi connectivity index (χ3v) is 7.12. The van der Waals surface area contributed by atoms with Gasteiger partial charge in [-0.05, 0) is 29.2 Å². The molecule has 0 radical (unpaired) electrons. The maximum Gasteiger partial charge on any atom is 0.181 e. The molecular formula is C23H22FNO2S. The van der Waals surface area contributed by atoms with Crippen LogP contribution in [0.25, 0.3) is 0 Å². The molecule has 1 saturated heterocycles. The topological polar surface area (TPSA) is 37.4 Å². The van der Waals surface area contributed by atoms with Gasteiger partial charge in [-0.25, -0.2) is 12.8 Å². The van der Waals surface area contributed by atoms with Crippen molar-refractivity contribution >= 4 is 9.84 Å². The maximum absolute atomic E-state index is 13.9. The number of benzene rings is 3. The molecule has 5 heteroatoms. The van der Waals surface area contributed by atoms with Crippen LogP contribution in [-0.4, -0.2) is 32.2 Å². The van der Waals surface area contributed by atoms with E-state index < -0.39 is 15.7 Å². The number of sulfone groups is 1. The van der Waals surface area contributed by atoms with Crippen molar-refractivity contribution in [3.63, 3.8) is 0 Å². The average molecular weight is 395 g/mol. The monoisotopic (exact) mass is 395 g/mol. The van der Waals surface area contributed by atoms with Gasteiger partial charge in [0.15, 0.2) is 9.84 Å². The zero-order valence-electron chi connectivity index (χ0n) is 15.4. The fourth-order valence-corrected chi connectivity index (χ4v) is 5.57. The van der Waals surface area contributed by atoms with Crippen LogP contribution in [0.2, 0.25) is 0 Å². The Morgan fingerprint density at radius 2 is 1.32 bits per heavy atom. The summed E-state index contributed by atoms with van der Waals surface area (Å²) in [5.74, 6) is -0.703. The lowest BCUT2D eigenvalue weighted by molar-refractivity contribution is 0.0812. The first-order valence-corrected chi connectivity index (χ1v) is 11.0. The van der Waals surface area contributed by atoms with Crippen molar-refractivity contribution in [2.24, 2.45) is 5.92 Å². The molecule has 0 aromatic heterocycles. The van der Waals surface area contributed by atoms with Crippen molar-refractivity contribution in [2.75, 3.05) is 18.8 Å². The van der Waals surface area contributed by atoms with Crippen molar-refractivity contribution in [3.8, 4) is 0 Å². The lowest BCUT2D eigenvalue weighted by atomic mass is 9.91. The molecule has 28 heavy (non-hydrogen) atoms. The van der Waals surface area contributed by atoms with Gasteiger partial charge < -0.3 is 0 Å². The number of halogens is 1. The van der Waals surface area contributed by atoms with E-state index in [4.69, 9.17) is 0 Å². The van der Waals surface area contributed by atoms with Gasteiger partial charge in [-0.1, -0.05) is 72.8 Å². The lowest BCUT2D eigenvalue weighted by Gasteiger charge is -2.44. The Kier molecular flexibility index (Phi) is 5.29. The van der Waals surface area contributed by atoms with E-state index in [0.717, 1.165) is 0 Å². The molecule has 144 valence electrons. The van der Waals surface area contributed by atoms with Crippen LogP contribution < -0.4 is 0 Å². The second kappa shape index (κ2) is 7.86. The van der Waals surface area contributed by atoms with E-state index in [-0.39, 0.29) is 22.6 Å². The highest BCUT2D eigenvalue weighted by atomic mass is 32.2. The summed E-state index contributed by atoms with van der Waals surface area (Å²) in [5.41, 5.74) is 2.37. The van der Waals surface area contributed by atoms with Crippen LogP contribution >= 0.6 is 0 Å². The van der Waals surface area contributed by atoms with E-state index in [9.17, 15) is 12.8 Å². The molecule has 1 aliphatic heterocycles. The molecule has 0 amide bonds. The molecule has 0 N–H and O–H groups in total. The molecule has 3 nitrogen and oxygen atoms in total. The predicted molar refractivity (Wildman–Crippen MR) is 108 cm³/mol. The number of hydrogen-bond acceptors (Lipinski definition) is 3. The first kappa shape index (κ1) is 18.8. The third-order valence-electron chi connectivity index (χ3n) is 5.21. The van der Waals surface area contributed by atoms with E-state index in [2.05, 4.69) is 29.2 Å². The Balaban J connectivity index is 1.50. The molecule has 3 aromatic carbocycles. The van der Waals surface area contributed by atoms with Gasteiger partial charge in [-0.15, -0.1) is 0 Å². The van der Waals surface area contributed by atoms with E-state index in [1.807, 2.05) is 36.4 Å². The average Bonchev–Trinajstić information content (AvgIpc) is 2.68. The van der Waals surface area contributed by atoms with Crippen molar-refractivity contribution < 1.29 is 12.8 Å². The van der Waals surface area contributed by atoms with Gasteiger partial charge in [-0.2, -0.15) is 0 Å². The summed E-state index contributed by atoms with van der Waals surface area (Å²) in [4.78, 5) is 2.09. The van der Waals surface area contributed by atoms with E-state index in [1.165, 1.54) is 29.3 Å². The molecule has 0 aliphatic carbocycles. The number of likely N-dealkylation sites (tertiary alicyclic amines) is 1. The molecule has 4 rings (SSSR count). The predicted octanol–water partition coefficient (Wildman–Crippen LogP) is 4.32. The van der Waals surface area contributed by atoms with Crippen LogP contribution in [0.3, 0.4) is 0 Å².